The molecule has 2 aliphatic rings. The molecule has 256 valence electrons. The van der Waals surface area contributed by atoms with Gasteiger partial charge in [0.2, 0.25) is 0 Å². The number of rotatable bonds is 3. The number of hydrogen-bond acceptors (Lipinski definition) is 6. The summed E-state index contributed by atoms with van der Waals surface area (Å²) in [4.78, 5) is 39.0. The van der Waals surface area contributed by atoms with Crippen LogP contribution in [-0.2, 0) is 27.2 Å². The zero-order valence-electron chi connectivity index (χ0n) is 27.5. The van der Waals surface area contributed by atoms with Gasteiger partial charge in [-0.15, -0.1) is 0 Å². The van der Waals surface area contributed by atoms with E-state index in [-0.39, 0.29) is 24.1 Å². The van der Waals surface area contributed by atoms with Crippen LogP contribution in [0.3, 0.4) is 0 Å². The fourth-order valence-electron chi connectivity index (χ4n) is 6.01. The Bertz CT molecular complexity index is 2220. The topological polar surface area (TPSA) is 140 Å². The van der Waals surface area contributed by atoms with Crippen molar-refractivity contribution in [3.05, 3.63) is 130 Å². The van der Waals surface area contributed by atoms with E-state index in [4.69, 9.17) is 28.7 Å². The molecule has 0 spiro atoms. The number of aromatic nitrogens is 2. The van der Waals surface area contributed by atoms with E-state index in [2.05, 4.69) is 22.8 Å². The second kappa shape index (κ2) is 16.0. The number of carbonyl (C=O) groups excluding carboxylic acids is 2. The van der Waals surface area contributed by atoms with Crippen molar-refractivity contribution in [2.24, 2.45) is 14.1 Å². The fraction of sp³-hybridized carbons (Fsp3) is 0.167. The number of aliphatic hydroxyl groups excluding tert-OH is 1. The number of non-ortho nitro benzene ring substituents is 1. The third-order valence-electron chi connectivity index (χ3n) is 8.41. The van der Waals surface area contributed by atoms with Gasteiger partial charge in [-0.1, -0.05) is 6.07 Å². The summed E-state index contributed by atoms with van der Waals surface area (Å²) >= 11 is -0.826. The molecule has 14 heteroatoms. The predicted molar refractivity (Wildman–Crippen MR) is 201 cm³/mol. The van der Waals surface area contributed by atoms with Crippen LogP contribution >= 0.6 is 17.8 Å². The number of nitrogens with two attached hydrogens (primary N) is 1. The summed E-state index contributed by atoms with van der Waals surface area (Å²) in [6.45, 7) is 2.97. The van der Waals surface area contributed by atoms with Crippen molar-refractivity contribution in [1.29, 1.82) is 0 Å². The number of nitro benzene ring substituents is 1. The standard InChI is InChI=1S/C17H13N3O3.C17H15N3O.C2H6O.2ClH.Sn/c1-18-7-6-11-8-13(4-5-16(11)18)19-10-12-2-3-14(20(22)23)9-15(12)17(19)21;1-19-7-6-11-8-14(4-5-16(11)19)20-10-12-2-3-13(18)9-15(12)17(20)21;1-2-3;;;/h2-9H,10H2,1H3;2-9H,10,18H2,1H3;3H,2H2,1H3;2*1H;/q;;;;;+2/p-2. The van der Waals surface area contributed by atoms with Gasteiger partial charge in [-0.2, -0.15) is 0 Å². The normalized spacial score (nSPS) is 12.8. The Hall–Kier alpha value is -4.56. The van der Waals surface area contributed by atoms with E-state index in [1.54, 1.807) is 28.9 Å². The number of amides is 2. The van der Waals surface area contributed by atoms with Crippen LogP contribution in [0.1, 0.15) is 38.8 Å². The maximum atomic E-state index is 12.6. The summed E-state index contributed by atoms with van der Waals surface area (Å²) in [6.07, 6.45) is 3.99. The second-order valence-corrected chi connectivity index (χ2v) is 15.8. The van der Waals surface area contributed by atoms with E-state index in [1.807, 2.05) is 73.5 Å². The number of aryl methyl sites for hydroxylation is 2. The number of aliphatic hydroxyl groups is 1. The molecule has 2 aromatic heterocycles. The Morgan fingerprint density at radius 3 is 1.66 bits per heavy atom. The van der Waals surface area contributed by atoms with E-state index < -0.39 is 23.8 Å². The summed E-state index contributed by atoms with van der Waals surface area (Å²) < 4.78 is 4.09. The number of anilines is 3. The molecule has 4 aromatic carbocycles. The first-order chi connectivity index (χ1) is 24.0. The molecule has 0 aliphatic carbocycles. The molecule has 3 N–H and O–H groups in total. The van der Waals surface area contributed by atoms with Gasteiger partial charge in [0.1, 0.15) is 0 Å². The molecule has 8 rings (SSSR count). The van der Waals surface area contributed by atoms with Gasteiger partial charge >= 0.3 is 36.7 Å². The number of nitrogens with zero attached hydrogens (tertiary/aromatic N) is 5. The van der Waals surface area contributed by atoms with E-state index in [0.717, 1.165) is 44.3 Å². The summed E-state index contributed by atoms with van der Waals surface area (Å²) in [5, 5.41) is 20.6. The maximum absolute atomic E-state index is 12.6. The molecule has 0 fully saturated rings. The zero-order chi connectivity index (χ0) is 36.1. The van der Waals surface area contributed by atoms with Crippen LogP contribution in [0.15, 0.2) is 97.3 Å². The van der Waals surface area contributed by atoms with Gasteiger partial charge in [0, 0.05) is 89.7 Å². The van der Waals surface area contributed by atoms with Gasteiger partial charge < -0.3 is 29.8 Å². The number of nitrogen functional groups attached to an aromatic ring is 1. The number of fused-ring (bicyclic) bond motifs is 4. The van der Waals surface area contributed by atoms with Gasteiger partial charge in [-0.25, -0.2) is 0 Å². The average Bonchev–Trinajstić information content (AvgIpc) is 3.85. The zero-order valence-corrected chi connectivity index (χ0v) is 31.9. The van der Waals surface area contributed by atoms with Crippen molar-refractivity contribution in [3.8, 4) is 0 Å². The van der Waals surface area contributed by atoms with Crippen molar-refractivity contribution in [2.75, 3.05) is 22.1 Å². The third kappa shape index (κ3) is 7.60. The average molecular weight is 820 g/mol. The molecule has 2 radical (unpaired) electrons. The number of carbonyl (C=O) groups is 2. The van der Waals surface area contributed by atoms with Crippen LogP contribution in [0, 0.1) is 10.1 Å². The quantitative estimate of drug-likeness (QED) is 0.0841. The fourth-order valence-corrected chi connectivity index (χ4v) is 6.01. The molecule has 4 heterocycles. The van der Waals surface area contributed by atoms with Crippen LogP contribution in [0.5, 0.6) is 0 Å². The first-order valence-electron chi connectivity index (χ1n) is 15.5. The molecule has 6 aromatic rings. The minimum atomic E-state index is -0.826. The summed E-state index contributed by atoms with van der Waals surface area (Å²) in [6, 6.07) is 26.0. The molecule has 0 unspecified atom stereocenters. The van der Waals surface area contributed by atoms with E-state index in [1.165, 1.54) is 12.1 Å². The third-order valence-corrected chi connectivity index (χ3v) is 8.41. The van der Waals surface area contributed by atoms with Gasteiger partial charge in [-0.05, 0) is 84.8 Å². The predicted octanol–water partition coefficient (Wildman–Crippen LogP) is 7.16. The first kappa shape index (κ1) is 36.7. The Labute approximate surface area is 306 Å². The number of nitro groups is 1. The van der Waals surface area contributed by atoms with Crippen molar-refractivity contribution >= 4 is 93.1 Å². The molecule has 0 atom stereocenters. The number of halogens is 2. The molecule has 50 heavy (non-hydrogen) atoms. The second-order valence-electron chi connectivity index (χ2n) is 11.5. The molecule has 2 aliphatic heterocycles. The van der Waals surface area contributed by atoms with Gasteiger partial charge in [0.15, 0.2) is 0 Å². The SMILES string of the molecule is CCO.Cn1ccc2cc(N3Cc4ccc(N)cc4C3=O)ccc21.Cn1ccc2cc(N3Cc4ccc([N+](=O)[O-])cc4C3=O)ccc21.[Cl][Sn][Cl]. The molecule has 11 nitrogen and oxygen atoms in total. The Morgan fingerprint density at radius 2 is 1.20 bits per heavy atom. The number of benzene rings is 4. The van der Waals surface area contributed by atoms with Gasteiger partial charge in [0.05, 0.1) is 23.6 Å². The summed E-state index contributed by atoms with van der Waals surface area (Å²) in [7, 11) is 13.9. The minimum absolute atomic E-state index is 0.0209. The molecule has 0 saturated carbocycles. The molecule has 0 saturated heterocycles. The van der Waals surface area contributed by atoms with Crippen LogP contribution in [0.4, 0.5) is 22.7 Å². The van der Waals surface area contributed by atoms with Crippen molar-refractivity contribution in [1.82, 2.24) is 9.13 Å². The van der Waals surface area contributed by atoms with Crippen molar-refractivity contribution in [3.63, 3.8) is 0 Å². The van der Waals surface area contributed by atoms with Crippen LogP contribution in [-0.4, -0.2) is 56.5 Å². The van der Waals surface area contributed by atoms with E-state index >= 15 is 0 Å². The monoisotopic (exact) mass is 820 g/mol. The molecule has 2 amide bonds. The Morgan fingerprint density at radius 1 is 0.760 bits per heavy atom. The van der Waals surface area contributed by atoms with E-state index in [0.29, 0.717) is 29.9 Å². The Kier molecular flexibility index (Phi) is 11.7. The van der Waals surface area contributed by atoms with Crippen molar-refractivity contribution in [2.45, 2.75) is 20.0 Å². The number of hydrogen-bond donors (Lipinski definition) is 2. The van der Waals surface area contributed by atoms with Crippen LogP contribution < -0.4 is 15.5 Å². The summed E-state index contributed by atoms with van der Waals surface area (Å²) in [5.74, 6) is -0.174. The molecular weight excluding hydrogens is 786 g/mol. The van der Waals surface area contributed by atoms with Crippen LogP contribution in [0.2, 0.25) is 0 Å². The van der Waals surface area contributed by atoms with Gasteiger partial charge in [-0.3, -0.25) is 19.7 Å². The molecular formula is C36H34Cl2N6O5Sn. The summed E-state index contributed by atoms with van der Waals surface area (Å²) in [5.41, 5.74) is 13.3. The first-order valence-corrected chi connectivity index (χ1v) is 22.7. The van der Waals surface area contributed by atoms with Crippen molar-refractivity contribution < 1.29 is 19.6 Å². The Balaban J connectivity index is 0.000000169. The van der Waals surface area contributed by atoms with Gasteiger partial charge in [0.25, 0.3) is 17.5 Å². The van der Waals surface area contributed by atoms with E-state index in [9.17, 15) is 19.7 Å². The van der Waals surface area contributed by atoms with Crippen LogP contribution in [0.25, 0.3) is 21.8 Å². The molecule has 0 bridgehead atoms.